The highest BCUT2D eigenvalue weighted by Crippen LogP contribution is 2.29. The van der Waals surface area contributed by atoms with Crippen molar-refractivity contribution in [2.24, 2.45) is 10.9 Å². The molecule has 2 rings (SSSR count). The van der Waals surface area contributed by atoms with E-state index >= 15 is 0 Å². The van der Waals surface area contributed by atoms with Crippen molar-refractivity contribution in [1.29, 1.82) is 0 Å². The van der Waals surface area contributed by atoms with E-state index in [0.29, 0.717) is 6.61 Å². The second-order valence-corrected chi connectivity index (χ2v) is 5.71. The molecule has 1 fully saturated rings. The number of oxime groups is 1. The summed E-state index contributed by atoms with van der Waals surface area (Å²) < 4.78 is 6.60. The molecule has 0 aliphatic carbocycles. The zero-order valence-corrected chi connectivity index (χ0v) is 12.6. The molecule has 0 spiro atoms. The minimum atomic E-state index is 0.119. The summed E-state index contributed by atoms with van der Waals surface area (Å²) in [5, 5.41) is 12.0. The summed E-state index contributed by atoms with van der Waals surface area (Å²) in [5.41, 5.74) is 7.44. The third-order valence-corrected chi connectivity index (χ3v) is 3.75. The highest BCUT2D eigenvalue weighted by Gasteiger charge is 2.26. The molecule has 1 aromatic carbocycles. The molecule has 104 valence electrons. The van der Waals surface area contributed by atoms with Gasteiger partial charge in [0.2, 0.25) is 0 Å². The average Bonchev–Trinajstić information content (AvgIpc) is 2.40. The topological polar surface area (TPSA) is 71.1 Å². The number of anilines is 1. The normalized spacial score (nSPS) is 24.6. The van der Waals surface area contributed by atoms with Gasteiger partial charge in [0.25, 0.3) is 0 Å². The number of hydrogen-bond acceptors (Lipinski definition) is 4. The van der Waals surface area contributed by atoms with Gasteiger partial charge in [0.05, 0.1) is 12.7 Å². The summed E-state index contributed by atoms with van der Waals surface area (Å²) in [6.45, 7) is 5.59. The van der Waals surface area contributed by atoms with E-state index in [0.717, 1.165) is 22.3 Å². The van der Waals surface area contributed by atoms with Gasteiger partial charge in [-0.15, -0.1) is 0 Å². The van der Waals surface area contributed by atoms with E-state index in [2.05, 4.69) is 32.9 Å². The molecule has 19 heavy (non-hydrogen) atoms. The molecule has 0 radical (unpaired) electrons. The van der Waals surface area contributed by atoms with Crippen molar-refractivity contribution in [3.8, 4) is 0 Å². The van der Waals surface area contributed by atoms with Crippen LogP contribution in [0.5, 0.6) is 0 Å². The molecule has 1 aliphatic rings. The number of morpholine rings is 1. The summed E-state index contributed by atoms with van der Waals surface area (Å²) in [6, 6.07) is 5.96. The Morgan fingerprint density at radius 1 is 1.53 bits per heavy atom. The largest absolute Gasteiger partial charge is 0.409 e. The van der Waals surface area contributed by atoms with Crippen molar-refractivity contribution in [2.75, 3.05) is 18.1 Å². The highest BCUT2D eigenvalue weighted by molar-refractivity contribution is 9.10. The molecule has 6 heteroatoms. The zero-order valence-electron chi connectivity index (χ0n) is 11.0. The Hall–Kier alpha value is -1.27. The van der Waals surface area contributed by atoms with Crippen molar-refractivity contribution in [2.45, 2.75) is 26.0 Å². The lowest BCUT2D eigenvalue weighted by molar-refractivity contribution is 0.0343. The SMILES string of the molecule is CC1CN(c2cc(Br)ccc2/C(N)=N/O)C(C)CO1. The first-order chi connectivity index (χ1) is 9.02. The smallest absolute Gasteiger partial charge is 0.172 e. The molecule has 0 bridgehead atoms. The maximum atomic E-state index is 8.91. The second kappa shape index (κ2) is 5.79. The molecule has 5 nitrogen and oxygen atoms in total. The fraction of sp³-hybridized carbons (Fsp3) is 0.462. The number of ether oxygens (including phenoxy) is 1. The van der Waals surface area contributed by atoms with Crippen LogP contribution < -0.4 is 10.6 Å². The lowest BCUT2D eigenvalue weighted by Gasteiger charge is -2.39. The maximum absolute atomic E-state index is 8.91. The summed E-state index contributed by atoms with van der Waals surface area (Å²) in [5.74, 6) is 0.119. The van der Waals surface area contributed by atoms with Crippen LogP contribution in [0.4, 0.5) is 5.69 Å². The first-order valence-electron chi connectivity index (χ1n) is 6.18. The Morgan fingerprint density at radius 2 is 2.26 bits per heavy atom. The third-order valence-electron chi connectivity index (χ3n) is 3.26. The molecule has 2 atom stereocenters. The van der Waals surface area contributed by atoms with E-state index in [-0.39, 0.29) is 18.0 Å². The number of halogens is 1. The molecule has 0 saturated carbocycles. The quantitative estimate of drug-likeness (QED) is 0.378. The first-order valence-corrected chi connectivity index (χ1v) is 6.98. The third kappa shape index (κ3) is 3.01. The van der Waals surface area contributed by atoms with Crippen LogP contribution in [0, 0.1) is 0 Å². The molecule has 1 aliphatic heterocycles. The van der Waals surface area contributed by atoms with E-state index < -0.39 is 0 Å². The highest BCUT2D eigenvalue weighted by atomic mass is 79.9. The van der Waals surface area contributed by atoms with Gasteiger partial charge in [-0.25, -0.2) is 0 Å². The zero-order chi connectivity index (χ0) is 14.0. The molecular formula is C13H18BrN3O2. The first kappa shape index (κ1) is 14.1. The van der Waals surface area contributed by atoms with Gasteiger partial charge in [-0.1, -0.05) is 21.1 Å². The Labute approximate surface area is 121 Å². The lowest BCUT2D eigenvalue weighted by atomic mass is 10.1. The van der Waals surface area contributed by atoms with Crippen LogP contribution in [-0.4, -0.2) is 36.3 Å². The Balaban J connectivity index is 2.44. The van der Waals surface area contributed by atoms with Crippen LogP contribution in [0.15, 0.2) is 27.8 Å². The lowest BCUT2D eigenvalue weighted by Crippen LogP contribution is -2.48. The van der Waals surface area contributed by atoms with Crippen LogP contribution in [-0.2, 0) is 4.74 Å². The van der Waals surface area contributed by atoms with Crippen molar-refractivity contribution < 1.29 is 9.94 Å². The van der Waals surface area contributed by atoms with Crippen molar-refractivity contribution in [1.82, 2.24) is 0 Å². The van der Waals surface area contributed by atoms with Crippen molar-refractivity contribution >= 4 is 27.5 Å². The van der Waals surface area contributed by atoms with Gasteiger partial charge in [0.1, 0.15) is 0 Å². The van der Waals surface area contributed by atoms with Gasteiger partial charge in [-0.3, -0.25) is 0 Å². The van der Waals surface area contributed by atoms with Gasteiger partial charge in [0.15, 0.2) is 5.84 Å². The van der Waals surface area contributed by atoms with Crippen LogP contribution >= 0.6 is 15.9 Å². The summed E-state index contributed by atoms with van der Waals surface area (Å²) >= 11 is 3.47. The predicted octanol–water partition coefficient (Wildman–Crippen LogP) is 2.16. The number of hydrogen-bond donors (Lipinski definition) is 2. The van der Waals surface area contributed by atoms with E-state index in [1.54, 1.807) is 0 Å². The Bertz CT molecular complexity index is 493. The van der Waals surface area contributed by atoms with E-state index in [1.807, 2.05) is 25.1 Å². The predicted molar refractivity (Wildman–Crippen MR) is 78.9 cm³/mol. The number of nitrogens with two attached hydrogens (primary N) is 1. The van der Waals surface area contributed by atoms with E-state index in [9.17, 15) is 0 Å². The molecule has 1 aromatic rings. The van der Waals surface area contributed by atoms with Gasteiger partial charge < -0.3 is 20.6 Å². The Kier molecular flexibility index (Phi) is 4.31. The standard InChI is InChI=1S/C13H18BrN3O2/c1-8-7-19-9(2)6-17(8)12-5-10(14)3-4-11(12)13(15)16-18/h3-5,8-9,18H,6-7H2,1-2H3,(H2,15,16). The molecule has 0 aromatic heterocycles. The number of rotatable bonds is 2. The minimum absolute atomic E-state index is 0.119. The fourth-order valence-corrected chi connectivity index (χ4v) is 2.60. The van der Waals surface area contributed by atoms with Crippen LogP contribution in [0.3, 0.4) is 0 Å². The number of benzene rings is 1. The van der Waals surface area contributed by atoms with Crippen molar-refractivity contribution in [3.05, 3.63) is 28.2 Å². The molecule has 3 N–H and O–H groups in total. The molecule has 1 heterocycles. The molecule has 0 amide bonds. The van der Waals surface area contributed by atoms with Gasteiger partial charge >= 0.3 is 0 Å². The summed E-state index contributed by atoms with van der Waals surface area (Å²) in [6.07, 6.45) is 0.162. The molecular weight excluding hydrogens is 310 g/mol. The summed E-state index contributed by atoms with van der Waals surface area (Å²) in [4.78, 5) is 2.23. The molecule has 2 unspecified atom stereocenters. The van der Waals surface area contributed by atoms with E-state index in [4.69, 9.17) is 15.7 Å². The summed E-state index contributed by atoms with van der Waals surface area (Å²) in [7, 11) is 0. The second-order valence-electron chi connectivity index (χ2n) is 4.79. The number of amidine groups is 1. The maximum Gasteiger partial charge on any atom is 0.172 e. The van der Waals surface area contributed by atoms with E-state index in [1.165, 1.54) is 0 Å². The monoisotopic (exact) mass is 327 g/mol. The van der Waals surface area contributed by atoms with Gasteiger partial charge in [-0.2, -0.15) is 0 Å². The average molecular weight is 328 g/mol. The minimum Gasteiger partial charge on any atom is -0.409 e. The van der Waals surface area contributed by atoms with Crippen LogP contribution in [0.25, 0.3) is 0 Å². The van der Waals surface area contributed by atoms with Crippen LogP contribution in [0.2, 0.25) is 0 Å². The van der Waals surface area contributed by atoms with Crippen molar-refractivity contribution in [3.63, 3.8) is 0 Å². The van der Waals surface area contributed by atoms with Gasteiger partial charge in [0, 0.05) is 28.3 Å². The van der Waals surface area contributed by atoms with Gasteiger partial charge in [-0.05, 0) is 32.0 Å². The molecule has 1 saturated heterocycles. The van der Waals surface area contributed by atoms with Crippen LogP contribution in [0.1, 0.15) is 19.4 Å². The number of nitrogens with zero attached hydrogens (tertiary/aromatic N) is 2. The Morgan fingerprint density at radius 3 is 2.95 bits per heavy atom. The fourth-order valence-electron chi connectivity index (χ4n) is 2.25.